The summed E-state index contributed by atoms with van der Waals surface area (Å²) in [5.74, 6) is -0.408. The van der Waals surface area contributed by atoms with Gasteiger partial charge in [0.25, 0.3) is 0 Å². The Morgan fingerprint density at radius 3 is 2.40 bits per heavy atom. The molecule has 5 heteroatoms. The monoisotopic (exact) mass is 336 g/mol. The molecule has 0 bridgehead atoms. The van der Waals surface area contributed by atoms with Crippen molar-refractivity contribution in [1.29, 1.82) is 0 Å². The highest BCUT2D eigenvalue weighted by atomic mass is 19.1. The fourth-order valence-electron chi connectivity index (χ4n) is 2.63. The topological polar surface area (TPSA) is 62.2 Å². The molecule has 0 fully saturated rings. The van der Waals surface area contributed by atoms with Crippen molar-refractivity contribution < 1.29 is 14.3 Å². The summed E-state index contributed by atoms with van der Waals surface area (Å²) >= 11 is 0. The highest BCUT2D eigenvalue weighted by molar-refractivity contribution is 5.79. The van der Waals surface area contributed by atoms with E-state index in [9.17, 15) is 14.3 Å². The highest BCUT2D eigenvalue weighted by Crippen LogP contribution is 2.22. The summed E-state index contributed by atoms with van der Waals surface area (Å²) in [7, 11) is 0. The Balaban J connectivity index is 1.82. The number of hydrogen-bond acceptors (Lipinski definition) is 3. The molecule has 0 aliphatic carbocycles. The molecule has 0 aliphatic heterocycles. The van der Waals surface area contributed by atoms with Gasteiger partial charge in [0, 0.05) is 12.4 Å². The molecular formula is C20H17FN2O2. The van der Waals surface area contributed by atoms with Crippen molar-refractivity contribution in [2.45, 2.75) is 12.5 Å². The Kier molecular flexibility index (Phi) is 5.04. The van der Waals surface area contributed by atoms with E-state index in [4.69, 9.17) is 0 Å². The van der Waals surface area contributed by atoms with E-state index in [1.165, 1.54) is 12.1 Å². The molecule has 0 radical (unpaired) electrons. The molecule has 4 nitrogen and oxygen atoms in total. The van der Waals surface area contributed by atoms with Gasteiger partial charge in [-0.15, -0.1) is 0 Å². The average molecular weight is 336 g/mol. The summed E-state index contributed by atoms with van der Waals surface area (Å²) in [6.45, 7) is 0. The molecule has 1 amide bonds. The summed E-state index contributed by atoms with van der Waals surface area (Å²) in [6.07, 6.45) is 3.43. The van der Waals surface area contributed by atoms with Crippen LogP contribution in [0, 0.1) is 5.82 Å². The number of nitrogens with one attached hydrogen (secondary N) is 1. The molecule has 0 spiro atoms. The number of halogens is 1. The summed E-state index contributed by atoms with van der Waals surface area (Å²) in [6, 6.07) is 15.8. The van der Waals surface area contributed by atoms with Gasteiger partial charge in [0.05, 0.1) is 12.5 Å². The first-order chi connectivity index (χ1) is 12.1. The fraction of sp³-hybridized carbons (Fsp3) is 0.100. The van der Waals surface area contributed by atoms with Crippen LogP contribution in [0.15, 0.2) is 73.1 Å². The van der Waals surface area contributed by atoms with Crippen molar-refractivity contribution in [3.05, 3.63) is 95.6 Å². The second-order valence-electron chi connectivity index (χ2n) is 5.68. The van der Waals surface area contributed by atoms with Crippen LogP contribution < -0.4 is 5.32 Å². The molecule has 2 N–H and O–H groups in total. The quantitative estimate of drug-likeness (QED) is 0.751. The van der Waals surface area contributed by atoms with Crippen molar-refractivity contribution >= 4 is 5.91 Å². The Hall–Kier alpha value is -3.21. The van der Waals surface area contributed by atoms with Crippen molar-refractivity contribution in [3.63, 3.8) is 0 Å². The lowest BCUT2D eigenvalue weighted by molar-refractivity contribution is -0.120. The summed E-state index contributed by atoms with van der Waals surface area (Å²) in [5.41, 5.74) is 2.34. The van der Waals surface area contributed by atoms with Crippen LogP contribution in [0.4, 0.5) is 4.39 Å². The molecule has 0 saturated carbocycles. The predicted octanol–water partition coefficient (Wildman–Crippen LogP) is 3.37. The maximum absolute atomic E-state index is 13.2. The molecule has 25 heavy (non-hydrogen) atoms. The second kappa shape index (κ2) is 7.57. The third kappa shape index (κ3) is 4.41. The molecule has 126 valence electrons. The van der Waals surface area contributed by atoms with Crippen molar-refractivity contribution in [1.82, 2.24) is 10.3 Å². The van der Waals surface area contributed by atoms with E-state index in [1.807, 2.05) is 12.1 Å². The zero-order chi connectivity index (χ0) is 17.6. The number of phenolic OH excluding ortho intramolecular Hbond substituents is 1. The molecule has 1 aromatic heterocycles. The maximum atomic E-state index is 13.2. The third-order valence-corrected chi connectivity index (χ3v) is 3.82. The van der Waals surface area contributed by atoms with Gasteiger partial charge < -0.3 is 10.4 Å². The Morgan fingerprint density at radius 2 is 1.72 bits per heavy atom. The van der Waals surface area contributed by atoms with E-state index in [-0.39, 0.29) is 23.9 Å². The molecule has 0 aliphatic rings. The van der Waals surface area contributed by atoms with Gasteiger partial charge in [-0.25, -0.2) is 4.39 Å². The number of hydrogen-bond donors (Lipinski definition) is 2. The lowest BCUT2D eigenvalue weighted by Crippen LogP contribution is -2.30. The van der Waals surface area contributed by atoms with Crippen molar-refractivity contribution in [3.8, 4) is 5.75 Å². The molecule has 0 saturated heterocycles. The van der Waals surface area contributed by atoms with Crippen LogP contribution in [-0.4, -0.2) is 16.0 Å². The number of carbonyl (C=O) groups is 1. The number of rotatable bonds is 5. The fourth-order valence-corrected chi connectivity index (χ4v) is 2.63. The molecule has 3 rings (SSSR count). The van der Waals surface area contributed by atoms with Gasteiger partial charge in [0.15, 0.2) is 0 Å². The smallest absolute Gasteiger partial charge is 0.225 e. The minimum absolute atomic E-state index is 0.120. The normalized spacial score (nSPS) is 11.7. The summed E-state index contributed by atoms with van der Waals surface area (Å²) in [5, 5.41) is 12.5. The molecule has 0 unspecified atom stereocenters. The Morgan fingerprint density at radius 1 is 1.04 bits per heavy atom. The van der Waals surface area contributed by atoms with Gasteiger partial charge in [-0.3, -0.25) is 9.78 Å². The first-order valence-corrected chi connectivity index (χ1v) is 7.84. The van der Waals surface area contributed by atoms with Gasteiger partial charge in [-0.05, 0) is 53.1 Å². The van der Waals surface area contributed by atoms with E-state index < -0.39 is 6.04 Å². The number of benzene rings is 2. The molecule has 1 heterocycles. The van der Waals surface area contributed by atoms with Gasteiger partial charge >= 0.3 is 0 Å². The number of aromatic nitrogens is 1. The molecular weight excluding hydrogens is 319 g/mol. The van der Waals surface area contributed by atoms with Crippen LogP contribution in [0.1, 0.15) is 22.7 Å². The van der Waals surface area contributed by atoms with Crippen molar-refractivity contribution in [2.75, 3.05) is 0 Å². The molecule has 3 aromatic rings. The number of carbonyl (C=O) groups excluding carboxylic acids is 1. The summed E-state index contributed by atoms with van der Waals surface area (Å²) in [4.78, 5) is 16.5. The second-order valence-corrected chi connectivity index (χ2v) is 5.68. The maximum Gasteiger partial charge on any atom is 0.225 e. The first kappa shape index (κ1) is 16.6. The minimum atomic E-state index is -0.409. The van der Waals surface area contributed by atoms with E-state index in [0.29, 0.717) is 5.56 Å². The number of nitrogens with zero attached hydrogens (tertiary/aromatic N) is 1. The van der Waals surface area contributed by atoms with Crippen LogP contribution in [0.5, 0.6) is 5.75 Å². The Labute approximate surface area is 145 Å². The Bertz CT molecular complexity index is 851. The number of pyridine rings is 1. The van der Waals surface area contributed by atoms with Crippen LogP contribution >= 0.6 is 0 Å². The lowest BCUT2D eigenvalue weighted by atomic mass is 9.99. The largest absolute Gasteiger partial charge is 0.508 e. The van der Waals surface area contributed by atoms with Crippen LogP contribution in [0.25, 0.3) is 0 Å². The van der Waals surface area contributed by atoms with Gasteiger partial charge in [-0.1, -0.05) is 24.3 Å². The third-order valence-electron chi connectivity index (χ3n) is 3.82. The number of aromatic hydroxyl groups is 1. The SMILES string of the molecule is O=C(Cc1cccc(O)c1)N[C@H](c1ccncc1)c1ccc(F)cc1. The molecule has 1 atom stereocenters. The van der Waals surface area contributed by atoms with Crippen molar-refractivity contribution in [2.24, 2.45) is 0 Å². The molecule has 2 aromatic carbocycles. The average Bonchev–Trinajstić information content (AvgIpc) is 2.61. The zero-order valence-corrected chi connectivity index (χ0v) is 13.4. The van der Waals surface area contributed by atoms with E-state index in [2.05, 4.69) is 10.3 Å². The number of amides is 1. The number of phenols is 1. The zero-order valence-electron chi connectivity index (χ0n) is 13.4. The van der Waals surface area contributed by atoms with Crippen LogP contribution in [-0.2, 0) is 11.2 Å². The first-order valence-electron chi connectivity index (χ1n) is 7.84. The van der Waals surface area contributed by atoms with Crippen LogP contribution in [0.2, 0.25) is 0 Å². The van der Waals surface area contributed by atoms with Gasteiger partial charge in [0.2, 0.25) is 5.91 Å². The predicted molar refractivity (Wildman–Crippen MR) is 92.4 cm³/mol. The van der Waals surface area contributed by atoms with Gasteiger partial charge in [-0.2, -0.15) is 0 Å². The summed E-state index contributed by atoms with van der Waals surface area (Å²) < 4.78 is 13.2. The minimum Gasteiger partial charge on any atom is -0.508 e. The van der Waals surface area contributed by atoms with Crippen LogP contribution in [0.3, 0.4) is 0 Å². The van der Waals surface area contributed by atoms with E-state index in [0.717, 1.165) is 11.1 Å². The van der Waals surface area contributed by atoms with E-state index in [1.54, 1.807) is 48.8 Å². The standard InChI is InChI=1S/C20H17FN2O2/c21-17-6-4-15(5-7-17)20(16-8-10-22-11-9-16)23-19(25)13-14-2-1-3-18(24)12-14/h1-12,20,24H,13H2,(H,23,25)/t20-/m0/s1. The highest BCUT2D eigenvalue weighted by Gasteiger charge is 2.17. The lowest BCUT2D eigenvalue weighted by Gasteiger charge is -2.20. The van der Waals surface area contributed by atoms with E-state index >= 15 is 0 Å². The van der Waals surface area contributed by atoms with Gasteiger partial charge in [0.1, 0.15) is 11.6 Å².